The van der Waals surface area contributed by atoms with E-state index in [4.69, 9.17) is 4.74 Å². The maximum atomic E-state index is 13.2. The van der Waals surface area contributed by atoms with Crippen LogP contribution in [-0.4, -0.2) is 30.0 Å². The Morgan fingerprint density at radius 3 is 2.74 bits per heavy atom. The number of nitrogens with zero attached hydrogens (tertiary/aromatic N) is 2. The monoisotopic (exact) mass is 333 g/mol. The molecule has 0 amide bonds. The van der Waals surface area contributed by atoms with E-state index >= 15 is 0 Å². The van der Waals surface area contributed by atoms with Gasteiger partial charge in [-0.05, 0) is 37.0 Å². The Kier molecular flexibility index (Phi) is 4.03. The fraction of sp³-hybridized carbons (Fsp3) is 0.529. The molecular formula is C17H20FN3OS. The van der Waals surface area contributed by atoms with E-state index in [1.54, 1.807) is 11.3 Å². The van der Waals surface area contributed by atoms with Crippen LogP contribution in [-0.2, 0) is 10.2 Å². The third kappa shape index (κ3) is 2.97. The highest BCUT2D eigenvalue weighted by Crippen LogP contribution is 2.39. The summed E-state index contributed by atoms with van der Waals surface area (Å²) in [6.45, 7) is 2.13. The molecule has 4 nitrogen and oxygen atoms in total. The minimum Gasteiger partial charge on any atom is -0.380 e. The highest BCUT2D eigenvalue weighted by Gasteiger charge is 2.37. The molecule has 1 saturated heterocycles. The van der Waals surface area contributed by atoms with Crippen LogP contribution >= 0.6 is 11.3 Å². The van der Waals surface area contributed by atoms with Gasteiger partial charge >= 0.3 is 0 Å². The topological polar surface area (TPSA) is 47.0 Å². The third-order valence-corrected chi connectivity index (χ3v) is 6.08. The van der Waals surface area contributed by atoms with Crippen molar-refractivity contribution in [3.63, 3.8) is 0 Å². The number of anilines is 1. The minimum atomic E-state index is -0.204. The second-order valence-electron chi connectivity index (χ2n) is 6.52. The molecule has 0 spiro atoms. The molecule has 1 aromatic heterocycles. The Bertz CT molecular complexity index is 663. The van der Waals surface area contributed by atoms with Crippen LogP contribution in [0.15, 0.2) is 24.3 Å². The average molecular weight is 333 g/mol. The fourth-order valence-electron chi connectivity index (χ4n) is 3.25. The van der Waals surface area contributed by atoms with E-state index in [9.17, 15) is 4.39 Å². The normalized spacial score (nSPS) is 24.6. The van der Waals surface area contributed by atoms with Crippen LogP contribution in [0, 0.1) is 5.82 Å². The zero-order valence-corrected chi connectivity index (χ0v) is 13.7. The van der Waals surface area contributed by atoms with Gasteiger partial charge < -0.3 is 10.1 Å². The highest BCUT2D eigenvalue weighted by atomic mass is 32.1. The van der Waals surface area contributed by atoms with E-state index in [1.807, 2.05) is 12.1 Å². The summed E-state index contributed by atoms with van der Waals surface area (Å²) in [6, 6.07) is 6.78. The van der Waals surface area contributed by atoms with Crippen LogP contribution in [0.25, 0.3) is 0 Å². The molecule has 1 aliphatic heterocycles. The molecule has 1 aromatic carbocycles. The summed E-state index contributed by atoms with van der Waals surface area (Å²) in [6.07, 6.45) is 4.71. The van der Waals surface area contributed by atoms with Crippen molar-refractivity contribution >= 4 is 16.5 Å². The second kappa shape index (κ2) is 6.17. The quantitative estimate of drug-likeness (QED) is 0.906. The molecule has 122 valence electrons. The third-order valence-electron chi connectivity index (χ3n) is 5.03. The van der Waals surface area contributed by atoms with Crippen LogP contribution in [0.1, 0.15) is 42.2 Å². The number of benzene rings is 1. The summed E-state index contributed by atoms with van der Waals surface area (Å²) in [4.78, 5) is 0. The summed E-state index contributed by atoms with van der Waals surface area (Å²) in [7, 11) is 0. The highest BCUT2D eigenvalue weighted by molar-refractivity contribution is 7.15. The number of aromatic nitrogens is 2. The molecule has 1 atom stereocenters. The molecule has 6 heteroatoms. The average Bonchev–Trinajstić information content (AvgIpc) is 3.14. The Labute approximate surface area is 139 Å². The van der Waals surface area contributed by atoms with E-state index < -0.39 is 0 Å². The number of hydrogen-bond donors (Lipinski definition) is 1. The summed E-state index contributed by atoms with van der Waals surface area (Å²) in [5.41, 5.74) is 1.00. The summed E-state index contributed by atoms with van der Waals surface area (Å²) in [5.74, 6) is 0.411. The van der Waals surface area contributed by atoms with Crippen LogP contribution in [0.5, 0.6) is 0 Å². The van der Waals surface area contributed by atoms with Crippen molar-refractivity contribution in [1.82, 2.24) is 10.2 Å². The predicted molar refractivity (Wildman–Crippen MR) is 88.5 cm³/mol. The molecule has 0 radical (unpaired) electrons. The Hall–Kier alpha value is -1.53. The van der Waals surface area contributed by atoms with Gasteiger partial charge in [-0.3, -0.25) is 0 Å². The van der Waals surface area contributed by atoms with Crippen molar-refractivity contribution in [3.05, 3.63) is 40.7 Å². The molecule has 2 aromatic rings. The molecule has 2 heterocycles. The van der Waals surface area contributed by atoms with Gasteiger partial charge in [-0.2, -0.15) is 0 Å². The lowest BCUT2D eigenvalue weighted by Crippen LogP contribution is -2.35. The number of hydrogen-bond acceptors (Lipinski definition) is 5. The Balaban J connectivity index is 1.48. The van der Waals surface area contributed by atoms with Crippen molar-refractivity contribution in [2.24, 2.45) is 0 Å². The molecule has 2 fully saturated rings. The molecule has 23 heavy (non-hydrogen) atoms. The molecule has 1 N–H and O–H groups in total. The first-order valence-electron chi connectivity index (χ1n) is 8.16. The molecule has 4 rings (SSSR count). The van der Waals surface area contributed by atoms with E-state index in [2.05, 4.69) is 15.5 Å². The smallest absolute Gasteiger partial charge is 0.205 e. The van der Waals surface area contributed by atoms with E-state index in [0.29, 0.717) is 12.5 Å². The molecule has 2 aliphatic rings. The van der Waals surface area contributed by atoms with Crippen molar-refractivity contribution in [1.29, 1.82) is 0 Å². The number of ether oxygens (including phenoxy) is 1. The SMILES string of the molecule is Fc1ccc(C2(CNc3nnc(C4CCC4)s3)CCOC2)cc1. The molecule has 1 saturated carbocycles. The first kappa shape index (κ1) is 15.0. The summed E-state index contributed by atoms with van der Waals surface area (Å²) >= 11 is 1.66. The Morgan fingerprint density at radius 2 is 2.09 bits per heavy atom. The van der Waals surface area contributed by atoms with Crippen molar-refractivity contribution in [2.75, 3.05) is 25.1 Å². The molecule has 0 bridgehead atoms. The lowest BCUT2D eigenvalue weighted by atomic mass is 9.80. The van der Waals surface area contributed by atoms with Crippen molar-refractivity contribution < 1.29 is 9.13 Å². The summed E-state index contributed by atoms with van der Waals surface area (Å²) < 4.78 is 18.8. The van der Waals surface area contributed by atoms with Gasteiger partial charge in [-0.1, -0.05) is 29.9 Å². The molecule has 1 unspecified atom stereocenters. The van der Waals surface area contributed by atoms with Gasteiger partial charge in [0.05, 0.1) is 6.61 Å². The zero-order chi connectivity index (χ0) is 15.7. The first-order chi connectivity index (χ1) is 11.3. The maximum Gasteiger partial charge on any atom is 0.205 e. The van der Waals surface area contributed by atoms with Gasteiger partial charge in [0.1, 0.15) is 10.8 Å². The fourth-order valence-corrected chi connectivity index (χ4v) is 4.16. The number of rotatable bonds is 5. The van der Waals surface area contributed by atoms with Gasteiger partial charge in [-0.15, -0.1) is 10.2 Å². The lowest BCUT2D eigenvalue weighted by molar-refractivity contribution is 0.179. The van der Waals surface area contributed by atoms with Gasteiger partial charge in [0, 0.05) is 24.5 Å². The lowest BCUT2D eigenvalue weighted by Gasteiger charge is -2.28. The Morgan fingerprint density at radius 1 is 1.26 bits per heavy atom. The number of halogens is 1. The van der Waals surface area contributed by atoms with Crippen molar-refractivity contribution in [2.45, 2.75) is 37.0 Å². The zero-order valence-electron chi connectivity index (χ0n) is 12.9. The molecular weight excluding hydrogens is 313 g/mol. The van der Waals surface area contributed by atoms with Gasteiger partial charge in [0.2, 0.25) is 5.13 Å². The largest absolute Gasteiger partial charge is 0.380 e. The van der Waals surface area contributed by atoms with E-state index in [0.717, 1.165) is 35.3 Å². The van der Waals surface area contributed by atoms with E-state index in [1.165, 1.54) is 31.4 Å². The number of nitrogens with one attached hydrogen (secondary N) is 1. The minimum absolute atomic E-state index is 0.115. The van der Waals surface area contributed by atoms with Crippen LogP contribution in [0.3, 0.4) is 0 Å². The second-order valence-corrected chi connectivity index (χ2v) is 7.53. The van der Waals surface area contributed by atoms with E-state index in [-0.39, 0.29) is 11.2 Å². The van der Waals surface area contributed by atoms with Gasteiger partial charge in [0.25, 0.3) is 0 Å². The van der Waals surface area contributed by atoms with Crippen molar-refractivity contribution in [3.8, 4) is 0 Å². The maximum absolute atomic E-state index is 13.2. The predicted octanol–water partition coefficient (Wildman–Crippen LogP) is 3.71. The first-order valence-corrected chi connectivity index (χ1v) is 8.98. The van der Waals surface area contributed by atoms with Gasteiger partial charge in [0.15, 0.2) is 0 Å². The molecule has 1 aliphatic carbocycles. The van der Waals surface area contributed by atoms with Crippen LogP contribution in [0.4, 0.5) is 9.52 Å². The standard InChI is InChI=1S/C17H20FN3OS/c18-14-6-4-13(5-7-14)17(8-9-22-11-17)10-19-16-21-20-15(23-16)12-2-1-3-12/h4-7,12H,1-3,8-11H2,(H,19,21). The van der Waals surface area contributed by atoms with Crippen LogP contribution in [0.2, 0.25) is 0 Å². The summed E-state index contributed by atoms with van der Waals surface area (Å²) in [5, 5.41) is 14.1. The van der Waals surface area contributed by atoms with Crippen LogP contribution < -0.4 is 5.32 Å². The van der Waals surface area contributed by atoms with Gasteiger partial charge in [-0.25, -0.2) is 4.39 Å².